The van der Waals surface area contributed by atoms with Gasteiger partial charge in [-0.3, -0.25) is 14.5 Å². The molecule has 32 heavy (non-hydrogen) atoms. The van der Waals surface area contributed by atoms with Crippen LogP contribution < -0.4 is 9.64 Å². The average Bonchev–Trinajstić information content (AvgIpc) is 3.04. The zero-order chi connectivity index (χ0) is 23.0. The molecule has 0 aromatic heterocycles. The predicted molar refractivity (Wildman–Crippen MR) is 125 cm³/mol. The maximum absolute atomic E-state index is 13.3. The summed E-state index contributed by atoms with van der Waals surface area (Å²) in [5.41, 5.74) is 3.58. The van der Waals surface area contributed by atoms with Crippen LogP contribution in [0.3, 0.4) is 0 Å². The first-order valence-electron chi connectivity index (χ1n) is 10.1. The monoisotopic (exact) mass is 447 g/mol. The molecule has 6 heteroatoms. The molecule has 1 heterocycles. The van der Waals surface area contributed by atoms with Crippen LogP contribution in [-0.4, -0.2) is 23.9 Å². The molecule has 0 aliphatic carbocycles. The third kappa shape index (κ3) is 3.76. The second-order valence-electron chi connectivity index (χ2n) is 7.74. The van der Waals surface area contributed by atoms with Gasteiger partial charge in [0, 0.05) is 16.3 Å². The molecule has 0 spiro atoms. The summed E-state index contributed by atoms with van der Waals surface area (Å²) in [7, 11) is 1.55. The van der Waals surface area contributed by atoms with E-state index < -0.39 is 17.7 Å². The highest BCUT2D eigenvalue weighted by Crippen LogP contribution is 2.43. The van der Waals surface area contributed by atoms with Crippen LogP contribution in [0.15, 0.2) is 72.3 Å². The summed E-state index contributed by atoms with van der Waals surface area (Å²) in [6, 6.07) is 18.5. The van der Waals surface area contributed by atoms with Crippen molar-refractivity contribution in [3.05, 3.63) is 99.6 Å². The van der Waals surface area contributed by atoms with Gasteiger partial charge in [-0.05, 0) is 67.4 Å². The van der Waals surface area contributed by atoms with Gasteiger partial charge in [-0.15, -0.1) is 0 Å². The quantitative estimate of drug-likeness (QED) is 0.321. The second kappa shape index (κ2) is 8.52. The van der Waals surface area contributed by atoms with E-state index in [1.807, 2.05) is 38.1 Å². The summed E-state index contributed by atoms with van der Waals surface area (Å²) < 4.78 is 5.36. The van der Waals surface area contributed by atoms with Gasteiger partial charge >= 0.3 is 0 Å². The number of methoxy groups -OCH3 is 1. The highest BCUT2D eigenvalue weighted by Gasteiger charge is 2.47. The molecule has 162 valence electrons. The molecule has 5 nitrogen and oxygen atoms in total. The zero-order valence-electron chi connectivity index (χ0n) is 17.9. The molecule has 0 bridgehead atoms. The zero-order valence-corrected chi connectivity index (χ0v) is 18.7. The number of carbonyl (C=O) groups is 2. The summed E-state index contributed by atoms with van der Waals surface area (Å²) in [6.45, 7) is 3.86. The Kier molecular flexibility index (Phi) is 5.76. The van der Waals surface area contributed by atoms with Crippen LogP contribution in [0, 0.1) is 13.8 Å². The first kappa shape index (κ1) is 21.7. The highest BCUT2D eigenvalue weighted by atomic mass is 35.5. The van der Waals surface area contributed by atoms with Crippen LogP contribution in [-0.2, 0) is 9.59 Å². The van der Waals surface area contributed by atoms with Gasteiger partial charge in [-0.25, -0.2) is 0 Å². The third-order valence-electron chi connectivity index (χ3n) is 5.58. The summed E-state index contributed by atoms with van der Waals surface area (Å²) >= 11 is 5.98. The number of amides is 1. The fourth-order valence-electron chi connectivity index (χ4n) is 4.05. The summed E-state index contributed by atoms with van der Waals surface area (Å²) in [4.78, 5) is 27.9. The summed E-state index contributed by atoms with van der Waals surface area (Å²) in [6.07, 6.45) is 0. The fraction of sp³-hybridized carbons (Fsp3) is 0.154. The minimum absolute atomic E-state index is 0.0190. The van der Waals surface area contributed by atoms with Crippen molar-refractivity contribution in [1.82, 2.24) is 0 Å². The Morgan fingerprint density at radius 1 is 1.00 bits per heavy atom. The molecule has 1 N–H and O–H groups in total. The molecule has 3 aromatic rings. The van der Waals surface area contributed by atoms with Crippen LogP contribution >= 0.6 is 11.6 Å². The van der Waals surface area contributed by atoms with E-state index in [-0.39, 0.29) is 11.3 Å². The number of halogens is 1. The molecule has 1 amide bonds. The number of nitrogens with zero attached hydrogens (tertiary/aromatic N) is 1. The Morgan fingerprint density at radius 2 is 1.72 bits per heavy atom. The van der Waals surface area contributed by atoms with Crippen molar-refractivity contribution >= 4 is 34.7 Å². The van der Waals surface area contributed by atoms with Crippen molar-refractivity contribution in [1.29, 1.82) is 0 Å². The lowest BCUT2D eigenvalue weighted by molar-refractivity contribution is -0.132. The number of hydrogen-bond donors (Lipinski definition) is 1. The maximum atomic E-state index is 13.3. The second-order valence-corrected chi connectivity index (χ2v) is 8.18. The van der Waals surface area contributed by atoms with Gasteiger partial charge in [-0.2, -0.15) is 0 Å². The van der Waals surface area contributed by atoms with Gasteiger partial charge in [0.2, 0.25) is 0 Å². The fourth-order valence-corrected chi connectivity index (χ4v) is 4.17. The molecule has 1 unspecified atom stereocenters. The van der Waals surface area contributed by atoms with Gasteiger partial charge in [-0.1, -0.05) is 41.4 Å². The van der Waals surface area contributed by atoms with Crippen molar-refractivity contribution in [2.24, 2.45) is 0 Å². The van der Waals surface area contributed by atoms with E-state index >= 15 is 0 Å². The average molecular weight is 448 g/mol. The number of aryl methyl sites for hydroxylation is 2. The molecule has 0 radical (unpaired) electrons. The molecule has 0 saturated carbocycles. The van der Waals surface area contributed by atoms with Crippen molar-refractivity contribution in [3.8, 4) is 5.75 Å². The molecular formula is C26H22ClNO4. The molecule has 4 rings (SSSR count). The number of aliphatic hydroxyl groups excluding tert-OH is 1. The number of ketones is 1. The minimum atomic E-state index is -0.817. The SMILES string of the molecule is COc1cccc(C2/C(=C(\O)c3ccc(Cl)cc3)C(=O)C(=O)N2c2ccc(C)cc2C)c1. The standard InChI is InChI=1S/C26H22ClNO4/c1-15-7-12-21(16(2)13-15)28-23(18-5-4-6-20(14-18)32-3)22(25(30)26(28)31)24(29)17-8-10-19(27)11-9-17/h4-14,23,29H,1-3H3/b24-22+. The number of carbonyl (C=O) groups excluding carboxylic acids is 2. The van der Waals surface area contributed by atoms with Crippen molar-refractivity contribution < 1.29 is 19.4 Å². The molecular weight excluding hydrogens is 426 g/mol. The third-order valence-corrected chi connectivity index (χ3v) is 5.84. The lowest BCUT2D eigenvalue weighted by Crippen LogP contribution is -2.30. The van der Waals surface area contributed by atoms with Gasteiger partial charge < -0.3 is 9.84 Å². The first-order valence-corrected chi connectivity index (χ1v) is 10.5. The lowest BCUT2D eigenvalue weighted by atomic mass is 9.94. The Morgan fingerprint density at radius 3 is 2.38 bits per heavy atom. The smallest absolute Gasteiger partial charge is 0.300 e. The number of benzene rings is 3. The number of hydrogen-bond acceptors (Lipinski definition) is 4. The molecule has 1 atom stereocenters. The Balaban J connectivity index is 1.97. The lowest BCUT2D eigenvalue weighted by Gasteiger charge is -2.27. The summed E-state index contributed by atoms with van der Waals surface area (Å²) in [5, 5.41) is 11.6. The van der Waals surface area contributed by atoms with E-state index in [1.165, 1.54) is 4.90 Å². The summed E-state index contributed by atoms with van der Waals surface area (Å²) in [5.74, 6) is -1.11. The topological polar surface area (TPSA) is 66.8 Å². The largest absolute Gasteiger partial charge is 0.507 e. The first-order chi connectivity index (χ1) is 15.3. The Bertz CT molecular complexity index is 1250. The van der Waals surface area contributed by atoms with E-state index in [2.05, 4.69) is 0 Å². The van der Waals surface area contributed by atoms with Gasteiger partial charge in [0.05, 0.1) is 18.7 Å². The van der Waals surface area contributed by atoms with E-state index in [4.69, 9.17) is 16.3 Å². The van der Waals surface area contributed by atoms with Crippen LogP contribution in [0.25, 0.3) is 5.76 Å². The molecule has 1 aliphatic rings. The predicted octanol–water partition coefficient (Wildman–Crippen LogP) is 5.59. The minimum Gasteiger partial charge on any atom is -0.507 e. The highest BCUT2D eigenvalue weighted by molar-refractivity contribution is 6.51. The number of aliphatic hydroxyl groups is 1. The Labute approximate surface area is 191 Å². The molecule has 1 saturated heterocycles. The van der Waals surface area contributed by atoms with Crippen molar-refractivity contribution in [2.45, 2.75) is 19.9 Å². The van der Waals surface area contributed by atoms with Crippen LogP contribution in [0.4, 0.5) is 5.69 Å². The van der Waals surface area contributed by atoms with Crippen LogP contribution in [0.2, 0.25) is 5.02 Å². The van der Waals surface area contributed by atoms with Crippen LogP contribution in [0.5, 0.6) is 5.75 Å². The molecule has 1 fully saturated rings. The number of rotatable bonds is 4. The van der Waals surface area contributed by atoms with E-state index in [9.17, 15) is 14.7 Å². The number of Topliss-reactive ketones (excluding diaryl/α,β-unsaturated/α-hetero) is 1. The number of anilines is 1. The van der Waals surface area contributed by atoms with E-state index in [0.717, 1.165) is 11.1 Å². The van der Waals surface area contributed by atoms with Gasteiger partial charge in [0.15, 0.2) is 0 Å². The van der Waals surface area contributed by atoms with E-state index in [1.54, 1.807) is 49.6 Å². The van der Waals surface area contributed by atoms with Gasteiger partial charge in [0.1, 0.15) is 11.5 Å². The van der Waals surface area contributed by atoms with Gasteiger partial charge in [0.25, 0.3) is 11.7 Å². The van der Waals surface area contributed by atoms with E-state index in [0.29, 0.717) is 27.6 Å². The number of ether oxygens (including phenoxy) is 1. The normalized spacial score (nSPS) is 17.6. The molecule has 3 aromatic carbocycles. The van der Waals surface area contributed by atoms with Crippen molar-refractivity contribution in [3.63, 3.8) is 0 Å². The maximum Gasteiger partial charge on any atom is 0.300 e. The van der Waals surface area contributed by atoms with Crippen LogP contribution in [0.1, 0.15) is 28.3 Å². The Hall–Kier alpha value is -3.57. The van der Waals surface area contributed by atoms with Crippen molar-refractivity contribution in [2.75, 3.05) is 12.0 Å². The molecule has 1 aliphatic heterocycles.